The molecule has 0 aliphatic carbocycles. The van der Waals surface area contributed by atoms with Crippen molar-refractivity contribution in [2.75, 3.05) is 13.1 Å². The first kappa shape index (κ1) is 20.0. The van der Waals surface area contributed by atoms with Crippen LogP contribution in [0.3, 0.4) is 0 Å². The number of hydrogen-bond acceptors (Lipinski definition) is 5. The highest BCUT2D eigenvalue weighted by molar-refractivity contribution is 5.79. The molecular formula is C19H19F3N6O2. The van der Waals surface area contributed by atoms with E-state index in [-0.39, 0.29) is 42.1 Å². The molecule has 0 saturated carbocycles. The minimum Gasteiger partial charge on any atom is -0.340 e. The number of piperidine rings is 1. The lowest BCUT2D eigenvalue weighted by atomic mass is 9.92. The van der Waals surface area contributed by atoms with Crippen molar-refractivity contribution in [1.29, 1.82) is 0 Å². The number of halogens is 3. The average molecular weight is 420 g/mol. The number of H-pyrrole nitrogens is 1. The molecule has 8 nitrogen and oxygen atoms in total. The Kier molecular flexibility index (Phi) is 5.04. The van der Waals surface area contributed by atoms with Crippen LogP contribution in [0.5, 0.6) is 0 Å². The topological polar surface area (TPSA) is 96.8 Å². The van der Waals surface area contributed by atoms with E-state index in [4.69, 9.17) is 0 Å². The summed E-state index contributed by atoms with van der Waals surface area (Å²) in [6.07, 6.45) is 1.28. The van der Waals surface area contributed by atoms with Crippen LogP contribution in [0, 0.1) is 6.92 Å². The Balaban J connectivity index is 1.68. The Morgan fingerprint density at radius 3 is 2.83 bits per heavy atom. The van der Waals surface area contributed by atoms with Gasteiger partial charge in [-0.05, 0) is 25.8 Å². The molecule has 11 heteroatoms. The van der Waals surface area contributed by atoms with Gasteiger partial charge in [0.15, 0.2) is 5.65 Å². The summed E-state index contributed by atoms with van der Waals surface area (Å²) in [5.74, 6) is -0.330. The van der Waals surface area contributed by atoms with E-state index in [1.807, 2.05) is 0 Å². The molecule has 4 rings (SSSR count). The molecule has 1 unspecified atom stereocenters. The van der Waals surface area contributed by atoms with Gasteiger partial charge in [0.05, 0.1) is 17.3 Å². The molecule has 1 amide bonds. The largest absolute Gasteiger partial charge is 0.417 e. The zero-order valence-corrected chi connectivity index (χ0v) is 16.1. The molecule has 0 aromatic carbocycles. The molecule has 4 heterocycles. The maximum Gasteiger partial charge on any atom is 0.417 e. The number of nitrogens with one attached hydrogen (secondary N) is 1. The van der Waals surface area contributed by atoms with E-state index in [0.717, 1.165) is 6.07 Å². The van der Waals surface area contributed by atoms with Gasteiger partial charge in [0.2, 0.25) is 5.91 Å². The van der Waals surface area contributed by atoms with Crippen molar-refractivity contribution in [1.82, 2.24) is 29.4 Å². The number of pyridine rings is 1. The molecule has 3 aromatic rings. The summed E-state index contributed by atoms with van der Waals surface area (Å²) < 4.78 is 42.7. The number of fused-ring (bicyclic) bond motifs is 1. The Bertz CT molecular complexity index is 1140. The summed E-state index contributed by atoms with van der Waals surface area (Å²) in [4.78, 5) is 40.9. The van der Waals surface area contributed by atoms with Crippen LogP contribution in [0.15, 0.2) is 29.6 Å². The van der Waals surface area contributed by atoms with Gasteiger partial charge >= 0.3 is 6.18 Å². The highest BCUT2D eigenvalue weighted by Crippen LogP contribution is 2.36. The second-order valence-corrected chi connectivity index (χ2v) is 7.36. The first-order chi connectivity index (χ1) is 14.2. The molecule has 158 valence electrons. The van der Waals surface area contributed by atoms with Crippen LogP contribution in [0.2, 0.25) is 0 Å². The van der Waals surface area contributed by atoms with E-state index in [2.05, 4.69) is 19.9 Å². The van der Waals surface area contributed by atoms with E-state index in [1.165, 1.54) is 13.3 Å². The molecule has 1 saturated heterocycles. The number of carbonyl (C=O) groups is 1. The van der Waals surface area contributed by atoms with Gasteiger partial charge in [-0.3, -0.25) is 9.59 Å². The number of likely N-dealkylation sites (tertiary alicyclic amines) is 1. The van der Waals surface area contributed by atoms with Crippen LogP contribution in [0.4, 0.5) is 13.2 Å². The van der Waals surface area contributed by atoms with Gasteiger partial charge in [0.1, 0.15) is 12.4 Å². The van der Waals surface area contributed by atoms with Crippen LogP contribution in [0.1, 0.15) is 35.8 Å². The van der Waals surface area contributed by atoms with Crippen molar-refractivity contribution in [2.24, 2.45) is 0 Å². The van der Waals surface area contributed by atoms with E-state index in [9.17, 15) is 22.8 Å². The number of carbonyl (C=O) groups excluding carboxylic acids is 1. The van der Waals surface area contributed by atoms with Gasteiger partial charge in [0.25, 0.3) is 5.56 Å². The van der Waals surface area contributed by atoms with Crippen molar-refractivity contribution in [3.8, 4) is 0 Å². The van der Waals surface area contributed by atoms with E-state index >= 15 is 0 Å². The second-order valence-electron chi connectivity index (χ2n) is 7.36. The van der Waals surface area contributed by atoms with E-state index < -0.39 is 22.7 Å². The highest BCUT2D eigenvalue weighted by Gasteiger charge is 2.36. The number of hydrogen-bond donors (Lipinski definition) is 1. The molecule has 30 heavy (non-hydrogen) atoms. The second kappa shape index (κ2) is 7.54. The smallest absolute Gasteiger partial charge is 0.340 e. The molecule has 0 spiro atoms. The van der Waals surface area contributed by atoms with E-state index in [0.29, 0.717) is 19.4 Å². The summed E-state index contributed by atoms with van der Waals surface area (Å²) in [5.41, 5.74) is -1.97. The maximum atomic E-state index is 13.7. The van der Waals surface area contributed by atoms with Gasteiger partial charge in [-0.2, -0.15) is 13.2 Å². The summed E-state index contributed by atoms with van der Waals surface area (Å²) in [6.45, 7) is 2.38. The zero-order chi connectivity index (χ0) is 21.5. The summed E-state index contributed by atoms with van der Waals surface area (Å²) in [7, 11) is 0. The van der Waals surface area contributed by atoms with Crippen LogP contribution in [-0.2, 0) is 17.5 Å². The lowest BCUT2D eigenvalue weighted by Gasteiger charge is -2.33. The molecule has 0 radical (unpaired) electrons. The average Bonchev–Trinajstić information content (AvgIpc) is 3.19. The lowest BCUT2D eigenvalue weighted by molar-refractivity contribution is -0.136. The van der Waals surface area contributed by atoms with Crippen LogP contribution in [-0.4, -0.2) is 48.4 Å². The molecule has 1 fully saturated rings. The third-order valence-corrected chi connectivity index (χ3v) is 5.19. The molecule has 1 aliphatic heterocycles. The summed E-state index contributed by atoms with van der Waals surface area (Å²) in [6, 6.07) is 0.920. The van der Waals surface area contributed by atoms with Crippen molar-refractivity contribution in [3.63, 3.8) is 0 Å². The SMILES string of the molecule is Cc1nc2nc(C3CCCN(C(=O)Cn4ccnc4)C3)cc(C(F)(F)F)c2c(=O)[nH]1. The monoisotopic (exact) mass is 420 g/mol. The standard InChI is InChI=1S/C19H19F3N6O2/c1-11-24-17-16(18(30)25-11)13(19(20,21)22)7-14(26-17)12-3-2-5-28(8-12)15(29)9-27-6-4-23-10-27/h4,6-7,10,12H,2-3,5,8-9H2,1H3,(H,24,25,26,30). The Morgan fingerprint density at radius 2 is 2.13 bits per heavy atom. The highest BCUT2D eigenvalue weighted by atomic mass is 19.4. The van der Waals surface area contributed by atoms with Crippen LogP contribution < -0.4 is 5.56 Å². The predicted octanol–water partition coefficient (Wildman–Crippen LogP) is 2.25. The third kappa shape index (κ3) is 3.91. The molecule has 3 aromatic heterocycles. The normalized spacial score (nSPS) is 17.5. The minimum atomic E-state index is -4.73. The first-order valence-electron chi connectivity index (χ1n) is 9.44. The van der Waals surface area contributed by atoms with Crippen molar-refractivity contribution in [3.05, 3.63) is 52.2 Å². The Labute approximate surface area is 168 Å². The number of rotatable bonds is 3. The summed E-state index contributed by atoms with van der Waals surface area (Å²) in [5, 5.41) is -0.569. The van der Waals surface area contributed by atoms with Crippen LogP contribution >= 0.6 is 0 Å². The lowest BCUT2D eigenvalue weighted by Crippen LogP contribution is -2.41. The maximum absolute atomic E-state index is 13.7. The summed E-state index contributed by atoms with van der Waals surface area (Å²) >= 11 is 0. The molecule has 1 aliphatic rings. The molecule has 0 bridgehead atoms. The van der Waals surface area contributed by atoms with Crippen LogP contribution in [0.25, 0.3) is 11.0 Å². The predicted molar refractivity (Wildman–Crippen MR) is 101 cm³/mol. The number of alkyl halides is 3. The Hall–Kier alpha value is -3.24. The zero-order valence-electron chi connectivity index (χ0n) is 16.1. The number of amides is 1. The van der Waals surface area contributed by atoms with Gasteiger partial charge in [-0.15, -0.1) is 0 Å². The third-order valence-electron chi connectivity index (χ3n) is 5.19. The first-order valence-corrected chi connectivity index (χ1v) is 9.44. The number of imidazole rings is 1. The number of aromatic amines is 1. The fourth-order valence-corrected chi connectivity index (χ4v) is 3.78. The number of nitrogens with zero attached hydrogens (tertiary/aromatic N) is 5. The van der Waals surface area contributed by atoms with Gasteiger partial charge in [0, 0.05) is 37.1 Å². The number of aryl methyl sites for hydroxylation is 1. The fraction of sp³-hybridized carbons (Fsp3) is 0.421. The van der Waals surface area contributed by atoms with Crippen molar-refractivity contribution >= 4 is 16.9 Å². The Morgan fingerprint density at radius 1 is 1.33 bits per heavy atom. The van der Waals surface area contributed by atoms with Crippen molar-refractivity contribution < 1.29 is 18.0 Å². The van der Waals surface area contributed by atoms with Gasteiger partial charge in [-0.1, -0.05) is 0 Å². The van der Waals surface area contributed by atoms with Crippen molar-refractivity contribution in [2.45, 2.75) is 38.4 Å². The quantitative estimate of drug-likeness (QED) is 0.701. The fourth-order valence-electron chi connectivity index (χ4n) is 3.78. The van der Waals surface area contributed by atoms with Gasteiger partial charge < -0.3 is 14.5 Å². The minimum absolute atomic E-state index is 0.113. The van der Waals surface area contributed by atoms with E-state index in [1.54, 1.807) is 21.9 Å². The molecule has 1 N–H and O–H groups in total. The molecule has 1 atom stereocenters. The molecular weight excluding hydrogens is 401 g/mol. The van der Waals surface area contributed by atoms with Gasteiger partial charge in [-0.25, -0.2) is 15.0 Å². The number of aromatic nitrogens is 5.